The van der Waals surface area contributed by atoms with Gasteiger partial charge in [0.25, 0.3) is 5.91 Å². The van der Waals surface area contributed by atoms with Gasteiger partial charge in [-0.1, -0.05) is 36.4 Å². The van der Waals surface area contributed by atoms with Gasteiger partial charge < -0.3 is 10.1 Å². The highest BCUT2D eigenvalue weighted by Gasteiger charge is 2.43. The smallest absolute Gasteiger partial charge is 0.254 e. The number of hydrogen-bond donors (Lipinski definition) is 1. The number of pyridine rings is 1. The zero-order valence-corrected chi connectivity index (χ0v) is 14.2. The Morgan fingerprint density at radius 1 is 1.04 bits per heavy atom. The summed E-state index contributed by atoms with van der Waals surface area (Å²) < 4.78 is 5.13. The SMILES string of the molecule is COc1ccc(NC(=O)C(C#N)(c2ccccc2)c2cccnc2)cc1. The molecule has 3 rings (SSSR count). The van der Waals surface area contributed by atoms with Gasteiger partial charge in [0.1, 0.15) is 5.75 Å². The number of aromatic nitrogens is 1. The van der Waals surface area contributed by atoms with Crippen molar-refractivity contribution in [1.82, 2.24) is 4.98 Å². The van der Waals surface area contributed by atoms with Crippen LogP contribution in [0.1, 0.15) is 11.1 Å². The first kappa shape index (κ1) is 17.2. The minimum Gasteiger partial charge on any atom is -0.497 e. The van der Waals surface area contributed by atoms with Gasteiger partial charge in [0, 0.05) is 23.6 Å². The first-order valence-corrected chi connectivity index (χ1v) is 8.03. The van der Waals surface area contributed by atoms with Gasteiger partial charge in [-0.3, -0.25) is 9.78 Å². The molecule has 0 spiro atoms. The minimum absolute atomic E-state index is 0.440. The van der Waals surface area contributed by atoms with E-state index in [9.17, 15) is 10.1 Å². The molecule has 1 atom stereocenters. The summed E-state index contributed by atoms with van der Waals surface area (Å²) in [4.78, 5) is 17.3. The monoisotopic (exact) mass is 343 g/mol. The predicted octanol–water partition coefficient (Wildman–Crippen LogP) is 3.54. The lowest BCUT2D eigenvalue weighted by Gasteiger charge is -2.26. The minimum atomic E-state index is -1.50. The van der Waals surface area contributed by atoms with Crippen molar-refractivity contribution in [3.8, 4) is 11.8 Å². The molecule has 0 saturated heterocycles. The van der Waals surface area contributed by atoms with Crippen molar-refractivity contribution in [2.75, 3.05) is 12.4 Å². The van der Waals surface area contributed by atoms with Crippen LogP contribution in [-0.4, -0.2) is 18.0 Å². The van der Waals surface area contributed by atoms with Crippen LogP contribution in [0.2, 0.25) is 0 Å². The average molecular weight is 343 g/mol. The molecule has 0 bridgehead atoms. The van der Waals surface area contributed by atoms with E-state index in [-0.39, 0.29) is 0 Å². The molecule has 1 heterocycles. The topological polar surface area (TPSA) is 75.0 Å². The van der Waals surface area contributed by atoms with E-state index in [0.717, 1.165) is 0 Å². The zero-order chi connectivity index (χ0) is 18.4. The van der Waals surface area contributed by atoms with Crippen LogP contribution in [0.3, 0.4) is 0 Å². The van der Waals surface area contributed by atoms with Crippen LogP contribution in [0.25, 0.3) is 0 Å². The van der Waals surface area contributed by atoms with E-state index in [0.29, 0.717) is 22.6 Å². The van der Waals surface area contributed by atoms with Crippen molar-refractivity contribution in [2.24, 2.45) is 0 Å². The maximum Gasteiger partial charge on any atom is 0.254 e. The molecule has 0 radical (unpaired) electrons. The number of ether oxygens (including phenoxy) is 1. The zero-order valence-electron chi connectivity index (χ0n) is 14.2. The van der Waals surface area contributed by atoms with E-state index in [2.05, 4.69) is 16.4 Å². The fourth-order valence-electron chi connectivity index (χ4n) is 2.78. The number of carbonyl (C=O) groups is 1. The quantitative estimate of drug-likeness (QED) is 0.769. The highest BCUT2D eigenvalue weighted by molar-refractivity contribution is 6.04. The normalized spacial score (nSPS) is 12.5. The lowest BCUT2D eigenvalue weighted by molar-refractivity contribution is -0.118. The molecule has 1 aromatic heterocycles. The van der Waals surface area contributed by atoms with Crippen LogP contribution >= 0.6 is 0 Å². The Hall–Kier alpha value is -3.65. The highest BCUT2D eigenvalue weighted by atomic mass is 16.5. The number of nitrogens with one attached hydrogen (secondary N) is 1. The summed E-state index contributed by atoms with van der Waals surface area (Å²) in [7, 11) is 1.58. The Kier molecular flexibility index (Phi) is 4.95. The summed E-state index contributed by atoms with van der Waals surface area (Å²) in [6.07, 6.45) is 3.15. The summed E-state index contributed by atoms with van der Waals surface area (Å²) in [6, 6.07) is 21.6. The highest BCUT2D eigenvalue weighted by Crippen LogP contribution is 2.33. The van der Waals surface area contributed by atoms with Gasteiger partial charge in [0.15, 0.2) is 5.41 Å². The fraction of sp³-hybridized carbons (Fsp3) is 0.0952. The van der Waals surface area contributed by atoms with E-state index in [4.69, 9.17) is 4.74 Å². The Balaban J connectivity index is 2.05. The number of nitriles is 1. The number of amides is 1. The number of nitrogens with zero attached hydrogens (tertiary/aromatic N) is 2. The van der Waals surface area contributed by atoms with Crippen LogP contribution in [-0.2, 0) is 10.2 Å². The largest absolute Gasteiger partial charge is 0.497 e. The lowest BCUT2D eigenvalue weighted by atomic mass is 9.75. The summed E-state index contributed by atoms with van der Waals surface area (Å²) in [5, 5.41) is 12.9. The van der Waals surface area contributed by atoms with Crippen LogP contribution in [0.15, 0.2) is 79.1 Å². The Morgan fingerprint density at radius 3 is 2.31 bits per heavy atom. The third kappa shape index (κ3) is 3.13. The number of hydrogen-bond acceptors (Lipinski definition) is 4. The van der Waals surface area contributed by atoms with Crippen molar-refractivity contribution in [1.29, 1.82) is 5.26 Å². The standard InChI is InChI=1S/C21H17N3O2/c1-26-19-11-9-18(10-12-19)24-20(25)21(15-22,16-6-3-2-4-7-16)17-8-5-13-23-14-17/h2-14H,1H3,(H,24,25). The lowest BCUT2D eigenvalue weighted by Crippen LogP contribution is -2.40. The van der Waals surface area contributed by atoms with E-state index < -0.39 is 11.3 Å². The van der Waals surface area contributed by atoms with Crippen molar-refractivity contribution in [3.63, 3.8) is 0 Å². The van der Waals surface area contributed by atoms with Gasteiger partial charge in [-0.25, -0.2) is 0 Å². The van der Waals surface area contributed by atoms with E-state index in [1.54, 1.807) is 80.2 Å². The molecule has 0 aliphatic rings. The molecule has 2 aromatic carbocycles. The molecule has 1 amide bonds. The molecule has 5 heteroatoms. The molecule has 0 aliphatic heterocycles. The molecule has 0 aliphatic carbocycles. The van der Waals surface area contributed by atoms with Gasteiger partial charge in [-0.05, 0) is 35.9 Å². The second-order valence-corrected chi connectivity index (χ2v) is 5.65. The second-order valence-electron chi connectivity index (χ2n) is 5.65. The van der Waals surface area contributed by atoms with Crippen LogP contribution in [0.4, 0.5) is 5.69 Å². The molecule has 5 nitrogen and oxygen atoms in total. The van der Waals surface area contributed by atoms with Gasteiger partial charge in [-0.15, -0.1) is 0 Å². The molecule has 1 N–H and O–H groups in total. The molecule has 1 unspecified atom stereocenters. The Morgan fingerprint density at radius 2 is 1.73 bits per heavy atom. The molecule has 128 valence electrons. The van der Waals surface area contributed by atoms with Crippen molar-refractivity contribution >= 4 is 11.6 Å². The van der Waals surface area contributed by atoms with E-state index in [1.165, 1.54) is 0 Å². The van der Waals surface area contributed by atoms with Gasteiger partial charge >= 0.3 is 0 Å². The maximum absolute atomic E-state index is 13.2. The predicted molar refractivity (Wildman–Crippen MR) is 98.7 cm³/mol. The Labute approximate surface area is 151 Å². The van der Waals surface area contributed by atoms with Crippen molar-refractivity contribution in [3.05, 3.63) is 90.3 Å². The summed E-state index contributed by atoms with van der Waals surface area (Å²) in [5.41, 5.74) is 0.173. The van der Waals surface area contributed by atoms with Crippen LogP contribution in [0, 0.1) is 11.3 Å². The van der Waals surface area contributed by atoms with E-state index in [1.807, 2.05) is 6.07 Å². The second kappa shape index (κ2) is 7.49. The van der Waals surface area contributed by atoms with Gasteiger partial charge in [-0.2, -0.15) is 5.26 Å². The average Bonchev–Trinajstić information content (AvgIpc) is 2.71. The summed E-state index contributed by atoms with van der Waals surface area (Å²) >= 11 is 0. The summed E-state index contributed by atoms with van der Waals surface area (Å²) in [5.74, 6) is 0.245. The first-order valence-electron chi connectivity index (χ1n) is 8.03. The molecule has 3 aromatic rings. The van der Waals surface area contributed by atoms with Crippen LogP contribution in [0.5, 0.6) is 5.75 Å². The number of carbonyl (C=O) groups excluding carboxylic acids is 1. The Bertz CT molecular complexity index is 877. The fourth-order valence-corrected chi connectivity index (χ4v) is 2.78. The maximum atomic E-state index is 13.2. The van der Waals surface area contributed by atoms with Crippen molar-refractivity contribution in [2.45, 2.75) is 5.41 Å². The van der Waals surface area contributed by atoms with Crippen molar-refractivity contribution < 1.29 is 9.53 Å². The molecule has 0 fully saturated rings. The number of anilines is 1. The molecule has 26 heavy (non-hydrogen) atoms. The number of methoxy groups -OCH3 is 1. The summed E-state index contributed by atoms with van der Waals surface area (Å²) in [6.45, 7) is 0. The van der Waals surface area contributed by atoms with Gasteiger partial charge in [0.2, 0.25) is 0 Å². The third-order valence-electron chi connectivity index (χ3n) is 4.16. The van der Waals surface area contributed by atoms with Crippen LogP contribution < -0.4 is 10.1 Å². The first-order chi connectivity index (χ1) is 12.7. The van der Waals surface area contributed by atoms with Gasteiger partial charge in [0.05, 0.1) is 13.2 Å². The van der Waals surface area contributed by atoms with E-state index >= 15 is 0 Å². The number of rotatable bonds is 5. The number of benzene rings is 2. The third-order valence-corrected chi connectivity index (χ3v) is 4.16. The molecule has 0 saturated carbocycles. The molecular formula is C21H17N3O2. The molecular weight excluding hydrogens is 326 g/mol.